The number of aromatic carboxylic acids is 1. The number of pyridine rings is 1. The number of benzene rings is 2. The molecule has 1 atom stereocenters. The van der Waals surface area contributed by atoms with Crippen molar-refractivity contribution in [2.75, 3.05) is 13.7 Å². The molecule has 1 aliphatic heterocycles. The molecular weight excluding hydrogens is 580 g/mol. The molecule has 1 unspecified atom stereocenters. The summed E-state index contributed by atoms with van der Waals surface area (Å²) in [5.74, 6) is -2.03. The lowest BCUT2D eigenvalue weighted by molar-refractivity contribution is -0.0589. The van der Waals surface area contributed by atoms with Gasteiger partial charge < -0.3 is 24.5 Å². The number of nitrogens with one attached hydrogen (secondary N) is 1. The van der Waals surface area contributed by atoms with Crippen molar-refractivity contribution in [1.82, 2.24) is 24.8 Å². The van der Waals surface area contributed by atoms with Crippen molar-refractivity contribution < 1.29 is 33.0 Å². The number of carbonyl (C=O) groups excluding carboxylic acids is 1. The zero-order valence-corrected chi connectivity index (χ0v) is 23.7. The molecule has 1 fully saturated rings. The van der Waals surface area contributed by atoms with Gasteiger partial charge in [-0.1, -0.05) is 6.07 Å². The molecule has 0 saturated carbocycles. The van der Waals surface area contributed by atoms with E-state index in [2.05, 4.69) is 20.3 Å². The van der Waals surface area contributed by atoms with Gasteiger partial charge in [-0.2, -0.15) is 0 Å². The van der Waals surface area contributed by atoms with E-state index in [1.54, 1.807) is 29.6 Å². The highest BCUT2D eigenvalue weighted by Crippen LogP contribution is 2.29. The molecule has 3 aromatic heterocycles. The van der Waals surface area contributed by atoms with Crippen LogP contribution in [-0.2, 0) is 24.3 Å². The summed E-state index contributed by atoms with van der Waals surface area (Å²) in [5.41, 5.74) is 1.77. The fourth-order valence-electron chi connectivity index (χ4n) is 4.76. The van der Waals surface area contributed by atoms with E-state index in [9.17, 15) is 14.7 Å². The van der Waals surface area contributed by atoms with Crippen LogP contribution in [0.1, 0.15) is 43.7 Å². The van der Waals surface area contributed by atoms with Crippen LogP contribution in [0.25, 0.3) is 22.3 Å². The number of carboxylic acid groups (broad SMARTS) is 1. The van der Waals surface area contributed by atoms with Gasteiger partial charge in [-0.25, -0.2) is 28.5 Å². The van der Waals surface area contributed by atoms with Crippen LogP contribution in [0.2, 0.25) is 0 Å². The van der Waals surface area contributed by atoms with Crippen LogP contribution in [0, 0.1) is 11.6 Å². The first-order valence-electron chi connectivity index (χ1n) is 13.4. The van der Waals surface area contributed by atoms with Gasteiger partial charge in [0.1, 0.15) is 34.8 Å². The molecular formula is C30H25F2N5O5S. The number of amides is 1. The summed E-state index contributed by atoms with van der Waals surface area (Å²) < 4.78 is 44.0. The van der Waals surface area contributed by atoms with Crippen LogP contribution in [0.15, 0.2) is 53.9 Å². The van der Waals surface area contributed by atoms with Gasteiger partial charge in [0.15, 0.2) is 0 Å². The van der Waals surface area contributed by atoms with E-state index in [1.165, 1.54) is 30.5 Å². The van der Waals surface area contributed by atoms with Crippen molar-refractivity contribution >= 4 is 34.2 Å². The van der Waals surface area contributed by atoms with Crippen LogP contribution in [0.4, 0.5) is 8.78 Å². The smallest absolute Gasteiger partial charge is 0.335 e. The first-order valence-corrected chi connectivity index (χ1v) is 14.3. The average Bonchev–Trinajstić information content (AvgIpc) is 3.59. The molecule has 220 valence electrons. The fraction of sp³-hybridized carbons (Fsp3) is 0.233. The van der Waals surface area contributed by atoms with E-state index in [-0.39, 0.29) is 59.0 Å². The van der Waals surface area contributed by atoms with Crippen molar-refractivity contribution in [3.63, 3.8) is 0 Å². The van der Waals surface area contributed by atoms with Crippen LogP contribution in [0.5, 0.6) is 5.88 Å². The fourth-order valence-corrected chi connectivity index (χ4v) is 5.44. The normalized spacial score (nSPS) is 14.4. The lowest BCUT2D eigenvalue weighted by Gasteiger charge is -2.27. The minimum Gasteiger partial charge on any atom is -0.478 e. The van der Waals surface area contributed by atoms with Crippen LogP contribution >= 0.6 is 11.3 Å². The number of rotatable bonds is 10. The van der Waals surface area contributed by atoms with E-state index in [0.717, 1.165) is 18.6 Å². The number of imidazole rings is 1. The molecule has 6 rings (SSSR count). The lowest BCUT2D eigenvalue weighted by atomic mass is 10.0. The summed E-state index contributed by atoms with van der Waals surface area (Å²) >= 11 is 1.26. The standard InChI is InChI=1S/C30H25F2N5O5S/c1-33-29(38)24-15-43-28(36-24)14-42-27-4-2-3-22(35-27)19-12-20(31)17(9-21(19)32)11-26-34-23-6-5-16(30(39)40)10-25(23)37(26)13-18-7-8-41-18/h2-6,9-10,12,15,18H,7-8,11,13-14H2,1H3,(H,33,38)(H,39,40). The van der Waals surface area contributed by atoms with Crippen LogP contribution < -0.4 is 10.1 Å². The van der Waals surface area contributed by atoms with E-state index in [1.807, 2.05) is 4.57 Å². The molecule has 1 aliphatic rings. The predicted molar refractivity (Wildman–Crippen MR) is 153 cm³/mol. The van der Waals surface area contributed by atoms with Crippen molar-refractivity contribution in [2.45, 2.75) is 32.1 Å². The molecule has 13 heteroatoms. The Kier molecular flexibility index (Phi) is 7.82. The van der Waals surface area contributed by atoms with E-state index < -0.39 is 17.6 Å². The Morgan fingerprint density at radius 2 is 1.98 bits per heavy atom. The van der Waals surface area contributed by atoms with Gasteiger partial charge in [0.05, 0.1) is 34.9 Å². The van der Waals surface area contributed by atoms with Crippen molar-refractivity contribution in [3.05, 3.63) is 93.2 Å². The van der Waals surface area contributed by atoms with Crippen molar-refractivity contribution in [2.24, 2.45) is 0 Å². The number of hydrogen-bond donors (Lipinski definition) is 2. The summed E-state index contributed by atoms with van der Waals surface area (Å²) in [6, 6.07) is 11.6. The number of carbonyl (C=O) groups is 2. The zero-order chi connectivity index (χ0) is 30.1. The molecule has 1 amide bonds. The minimum atomic E-state index is -1.07. The molecule has 0 radical (unpaired) electrons. The number of halogens is 2. The molecule has 0 aliphatic carbocycles. The van der Waals surface area contributed by atoms with E-state index in [4.69, 9.17) is 9.47 Å². The highest BCUT2D eigenvalue weighted by Gasteiger charge is 2.24. The summed E-state index contributed by atoms with van der Waals surface area (Å²) in [7, 11) is 1.52. The monoisotopic (exact) mass is 605 g/mol. The Morgan fingerprint density at radius 3 is 2.72 bits per heavy atom. The lowest BCUT2D eigenvalue weighted by Crippen LogP contribution is -2.31. The Labute approximate surface area is 248 Å². The van der Waals surface area contributed by atoms with Crippen molar-refractivity contribution in [3.8, 4) is 17.1 Å². The van der Waals surface area contributed by atoms with E-state index in [0.29, 0.717) is 35.0 Å². The van der Waals surface area contributed by atoms with Crippen molar-refractivity contribution in [1.29, 1.82) is 0 Å². The first kappa shape index (κ1) is 28.4. The topological polar surface area (TPSA) is 128 Å². The number of nitrogens with zero attached hydrogens (tertiary/aromatic N) is 4. The Hall–Kier alpha value is -4.75. The van der Waals surface area contributed by atoms with Gasteiger partial charge in [-0.15, -0.1) is 11.3 Å². The Balaban J connectivity index is 1.24. The molecule has 0 spiro atoms. The van der Waals surface area contributed by atoms with Gasteiger partial charge in [0, 0.05) is 37.1 Å². The second kappa shape index (κ2) is 11.9. The number of thiazole rings is 1. The minimum absolute atomic E-state index is 0.0186. The molecule has 5 aromatic rings. The number of hydrogen-bond acceptors (Lipinski definition) is 8. The highest BCUT2D eigenvalue weighted by molar-refractivity contribution is 7.09. The Bertz CT molecular complexity index is 1850. The maximum atomic E-state index is 15.5. The second-order valence-electron chi connectivity index (χ2n) is 9.88. The number of carboxylic acids is 1. The highest BCUT2D eigenvalue weighted by atomic mass is 32.1. The number of fused-ring (bicyclic) bond motifs is 1. The Morgan fingerprint density at radius 1 is 1.14 bits per heavy atom. The number of aromatic nitrogens is 4. The van der Waals surface area contributed by atoms with Gasteiger partial charge >= 0.3 is 5.97 Å². The summed E-state index contributed by atoms with van der Waals surface area (Å²) in [4.78, 5) is 36.4. The van der Waals surface area contributed by atoms with Gasteiger partial charge in [0.2, 0.25) is 5.88 Å². The molecule has 1 saturated heterocycles. The summed E-state index contributed by atoms with van der Waals surface area (Å²) in [5, 5.41) is 14.1. The summed E-state index contributed by atoms with van der Waals surface area (Å²) in [6.45, 7) is 1.11. The van der Waals surface area contributed by atoms with Crippen LogP contribution in [-0.4, -0.2) is 56.3 Å². The number of ether oxygens (including phenoxy) is 2. The summed E-state index contributed by atoms with van der Waals surface area (Å²) in [6.07, 6.45) is 0.754. The van der Waals surface area contributed by atoms with Gasteiger partial charge in [-0.05, 0) is 48.4 Å². The quantitative estimate of drug-likeness (QED) is 0.231. The molecule has 2 N–H and O–H groups in total. The third-order valence-electron chi connectivity index (χ3n) is 7.09. The third-order valence-corrected chi connectivity index (χ3v) is 7.92. The molecule has 2 aromatic carbocycles. The maximum Gasteiger partial charge on any atom is 0.335 e. The largest absolute Gasteiger partial charge is 0.478 e. The third kappa shape index (κ3) is 5.94. The average molecular weight is 606 g/mol. The molecule has 10 nitrogen and oxygen atoms in total. The van der Waals surface area contributed by atoms with Gasteiger partial charge in [0.25, 0.3) is 5.91 Å². The second-order valence-corrected chi connectivity index (χ2v) is 10.8. The zero-order valence-electron chi connectivity index (χ0n) is 22.8. The van der Waals surface area contributed by atoms with Crippen LogP contribution in [0.3, 0.4) is 0 Å². The van der Waals surface area contributed by atoms with E-state index >= 15 is 8.78 Å². The molecule has 43 heavy (non-hydrogen) atoms. The van der Waals surface area contributed by atoms with Gasteiger partial charge in [-0.3, -0.25) is 4.79 Å². The molecule has 4 heterocycles. The SMILES string of the molecule is CNC(=O)c1csc(COc2cccc(-c3cc(F)c(Cc4nc5ccc(C(=O)O)cc5n4CC4CCO4)cc3F)n2)n1. The molecule has 0 bridgehead atoms. The maximum absolute atomic E-state index is 15.5. The predicted octanol–water partition coefficient (Wildman–Crippen LogP) is 4.85. The first-order chi connectivity index (χ1) is 20.8.